The standard InChI is InChI=1S/C14H14ClN5O3/c1-22-14(21)8-4-2-3-7(11(8)15)6-23-9-5-10(16)17-13-12(9)18-20-19-13/h2-5,18,20H,6H2,1H3,(H3,16,17,19). The van der Waals surface area contributed by atoms with Crippen molar-refractivity contribution in [3.05, 3.63) is 40.4 Å². The molecule has 0 fully saturated rings. The summed E-state index contributed by atoms with van der Waals surface area (Å²) in [6.07, 6.45) is 0. The van der Waals surface area contributed by atoms with E-state index in [0.29, 0.717) is 33.7 Å². The van der Waals surface area contributed by atoms with Crippen LogP contribution in [0.2, 0.25) is 5.02 Å². The Morgan fingerprint density at radius 1 is 1.39 bits per heavy atom. The zero-order valence-corrected chi connectivity index (χ0v) is 12.9. The van der Waals surface area contributed by atoms with Gasteiger partial charge in [0.05, 0.1) is 17.7 Å². The first-order valence-corrected chi connectivity index (χ1v) is 7.04. The molecule has 1 aromatic heterocycles. The van der Waals surface area contributed by atoms with Crippen molar-refractivity contribution in [1.82, 2.24) is 10.5 Å². The number of nitrogens with one attached hydrogen (secondary N) is 3. The number of hydrogen-bond acceptors (Lipinski definition) is 8. The Labute approximate surface area is 136 Å². The summed E-state index contributed by atoms with van der Waals surface area (Å²) in [4.78, 5) is 15.8. The first-order valence-electron chi connectivity index (χ1n) is 6.66. The van der Waals surface area contributed by atoms with E-state index in [-0.39, 0.29) is 12.2 Å². The third-order valence-electron chi connectivity index (χ3n) is 3.24. The highest BCUT2D eigenvalue weighted by Crippen LogP contribution is 2.35. The molecule has 0 radical (unpaired) electrons. The molecule has 0 spiro atoms. The number of aromatic nitrogens is 1. The minimum atomic E-state index is -0.499. The average Bonchev–Trinajstić information content (AvgIpc) is 3.01. The lowest BCUT2D eigenvalue weighted by molar-refractivity contribution is 0.0600. The Kier molecular flexibility index (Phi) is 4.09. The minimum Gasteiger partial charge on any atom is -0.486 e. The highest BCUT2D eigenvalue weighted by atomic mass is 35.5. The number of nitrogens with zero attached hydrogens (tertiary/aromatic N) is 1. The molecule has 0 bridgehead atoms. The molecule has 1 aliphatic heterocycles. The minimum absolute atomic E-state index is 0.154. The van der Waals surface area contributed by atoms with Gasteiger partial charge in [-0.25, -0.2) is 9.78 Å². The predicted molar refractivity (Wildman–Crippen MR) is 86.2 cm³/mol. The van der Waals surface area contributed by atoms with Crippen molar-refractivity contribution in [2.24, 2.45) is 0 Å². The summed E-state index contributed by atoms with van der Waals surface area (Å²) < 4.78 is 10.5. The Balaban J connectivity index is 1.84. The molecule has 1 aliphatic rings. The molecule has 2 heterocycles. The fraction of sp³-hybridized carbons (Fsp3) is 0.143. The Morgan fingerprint density at radius 3 is 3.00 bits per heavy atom. The number of methoxy groups -OCH3 is 1. The van der Waals surface area contributed by atoms with Crippen molar-refractivity contribution in [2.45, 2.75) is 6.61 Å². The van der Waals surface area contributed by atoms with Crippen LogP contribution in [0.1, 0.15) is 15.9 Å². The van der Waals surface area contributed by atoms with E-state index >= 15 is 0 Å². The molecule has 8 nitrogen and oxygen atoms in total. The lowest BCUT2D eigenvalue weighted by Crippen LogP contribution is -2.19. The zero-order valence-electron chi connectivity index (χ0n) is 12.1. The maximum atomic E-state index is 11.7. The first kappa shape index (κ1) is 15.2. The summed E-state index contributed by atoms with van der Waals surface area (Å²) in [7, 11) is 1.30. The van der Waals surface area contributed by atoms with E-state index in [1.807, 2.05) is 0 Å². The first-order chi connectivity index (χ1) is 11.1. The highest BCUT2D eigenvalue weighted by Gasteiger charge is 2.19. The number of halogens is 1. The Bertz CT molecular complexity index is 768. The number of carbonyl (C=O) groups is 1. The van der Waals surface area contributed by atoms with E-state index in [4.69, 9.17) is 26.8 Å². The van der Waals surface area contributed by atoms with Gasteiger partial charge in [0.25, 0.3) is 0 Å². The van der Waals surface area contributed by atoms with Crippen LogP contribution in [0.3, 0.4) is 0 Å². The van der Waals surface area contributed by atoms with Crippen molar-refractivity contribution in [2.75, 3.05) is 23.7 Å². The van der Waals surface area contributed by atoms with Crippen LogP contribution >= 0.6 is 11.6 Å². The predicted octanol–water partition coefficient (Wildman–Crippen LogP) is 1.94. The number of fused-ring (bicyclic) bond motifs is 1. The van der Waals surface area contributed by atoms with Crippen molar-refractivity contribution >= 4 is 34.9 Å². The molecule has 0 aliphatic carbocycles. The fourth-order valence-electron chi connectivity index (χ4n) is 2.13. The molecule has 0 unspecified atom stereocenters. The maximum Gasteiger partial charge on any atom is 0.339 e. The quantitative estimate of drug-likeness (QED) is 0.627. The molecule has 0 saturated heterocycles. The Morgan fingerprint density at radius 2 is 2.22 bits per heavy atom. The number of ether oxygens (including phenoxy) is 2. The number of pyridine rings is 1. The molecule has 23 heavy (non-hydrogen) atoms. The average molecular weight is 336 g/mol. The summed E-state index contributed by atoms with van der Waals surface area (Å²) in [5, 5.41) is 0.294. The van der Waals surface area contributed by atoms with E-state index in [2.05, 4.69) is 21.4 Å². The molecular formula is C14H14ClN5O3. The number of carbonyl (C=O) groups excluding carboxylic acids is 1. The van der Waals surface area contributed by atoms with Crippen LogP contribution in [-0.2, 0) is 11.3 Å². The lowest BCUT2D eigenvalue weighted by Gasteiger charge is -2.12. The number of nitrogens with two attached hydrogens (primary N) is 1. The van der Waals surface area contributed by atoms with Crippen molar-refractivity contribution < 1.29 is 14.3 Å². The summed E-state index contributed by atoms with van der Waals surface area (Å²) in [6, 6.07) is 6.67. The number of esters is 1. The van der Waals surface area contributed by atoms with Gasteiger partial charge in [-0.2, -0.15) is 0 Å². The summed E-state index contributed by atoms with van der Waals surface area (Å²) in [5.41, 5.74) is 15.7. The van der Waals surface area contributed by atoms with Gasteiger partial charge in [0, 0.05) is 11.6 Å². The van der Waals surface area contributed by atoms with Gasteiger partial charge in [0.1, 0.15) is 18.1 Å². The third-order valence-corrected chi connectivity index (χ3v) is 3.69. The van der Waals surface area contributed by atoms with Gasteiger partial charge >= 0.3 is 5.97 Å². The molecule has 0 atom stereocenters. The summed E-state index contributed by atoms with van der Waals surface area (Å²) >= 11 is 6.24. The molecule has 0 amide bonds. The number of nitrogen functional groups attached to an aromatic ring is 1. The van der Waals surface area contributed by atoms with E-state index in [9.17, 15) is 4.79 Å². The monoisotopic (exact) mass is 335 g/mol. The normalized spacial score (nSPS) is 12.1. The van der Waals surface area contributed by atoms with E-state index < -0.39 is 5.97 Å². The van der Waals surface area contributed by atoms with Crippen molar-refractivity contribution in [3.63, 3.8) is 0 Å². The van der Waals surface area contributed by atoms with Gasteiger partial charge in [0.15, 0.2) is 11.6 Å². The highest BCUT2D eigenvalue weighted by molar-refractivity contribution is 6.34. The SMILES string of the molecule is COC(=O)c1cccc(COc2cc(N)nc3c2NNN3)c1Cl. The van der Waals surface area contributed by atoms with Crippen molar-refractivity contribution in [1.29, 1.82) is 0 Å². The summed E-state index contributed by atoms with van der Waals surface area (Å²) in [6.45, 7) is 0.154. The topological polar surface area (TPSA) is 111 Å². The van der Waals surface area contributed by atoms with Crippen LogP contribution in [0.25, 0.3) is 0 Å². The number of benzene rings is 1. The van der Waals surface area contributed by atoms with E-state index in [0.717, 1.165) is 0 Å². The maximum absolute atomic E-state index is 11.7. The van der Waals surface area contributed by atoms with E-state index in [1.165, 1.54) is 7.11 Å². The van der Waals surface area contributed by atoms with Gasteiger partial charge in [0.2, 0.25) is 0 Å². The van der Waals surface area contributed by atoms with Crippen LogP contribution in [0.15, 0.2) is 24.3 Å². The molecule has 120 valence electrons. The second-order valence-electron chi connectivity index (χ2n) is 4.70. The van der Waals surface area contributed by atoms with Gasteiger partial charge in [-0.05, 0) is 6.07 Å². The van der Waals surface area contributed by atoms with Gasteiger partial charge < -0.3 is 15.2 Å². The van der Waals surface area contributed by atoms with Crippen LogP contribution in [0.5, 0.6) is 5.75 Å². The molecule has 9 heteroatoms. The Hall–Kier alpha value is -2.71. The number of hydrazine groups is 2. The number of hydrogen-bond donors (Lipinski definition) is 4. The zero-order chi connectivity index (χ0) is 16.4. The van der Waals surface area contributed by atoms with Crippen LogP contribution < -0.4 is 26.9 Å². The molecular weight excluding hydrogens is 322 g/mol. The molecule has 1 aromatic carbocycles. The molecule has 0 saturated carbocycles. The van der Waals surface area contributed by atoms with Crippen molar-refractivity contribution in [3.8, 4) is 5.75 Å². The van der Waals surface area contributed by atoms with Gasteiger partial charge in [-0.15, -0.1) is 5.53 Å². The van der Waals surface area contributed by atoms with Crippen LogP contribution in [0, 0.1) is 0 Å². The number of anilines is 3. The largest absolute Gasteiger partial charge is 0.486 e. The van der Waals surface area contributed by atoms with Crippen LogP contribution in [0.4, 0.5) is 17.3 Å². The van der Waals surface area contributed by atoms with E-state index in [1.54, 1.807) is 24.3 Å². The third kappa shape index (κ3) is 2.94. The molecule has 2 aromatic rings. The van der Waals surface area contributed by atoms with Gasteiger partial charge in [-0.3, -0.25) is 10.9 Å². The molecule has 3 rings (SSSR count). The second-order valence-corrected chi connectivity index (χ2v) is 5.08. The smallest absolute Gasteiger partial charge is 0.339 e. The lowest BCUT2D eigenvalue weighted by atomic mass is 10.1. The molecule has 5 N–H and O–H groups in total. The fourth-order valence-corrected chi connectivity index (χ4v) is 2.39. The summed E-state index contributed by atoms with van der Waals surface area (Å²) in [5.74, 6) is 0.853. The van der Waals surface area contributed by atoms with Crippen LogP contribution in [-0.4, -0.2) is 18.1 Å². The number of rotatable bonds is 4. The van der Waals surface area contributed by atoms with Gasteiger partial charge in [-0.1, -0.05) is 23.7 Å². The second kappa shape index (κ2) is 6.19.